The van der Waals surface area contributed by atoms with Crippen molar-refractivity contribution in [1.29, 1.82) is 5.41 Å². The Morgan fingerprint density at radius 2 is 2.00 bits per heavy atom. The summed E-state index contributed by atoms with van der Waals surface area (Å²) in [4.78, 5) is 15.8. The van der Waals surface area contributed by atoms with Crippen LogP contribution in [-0.2, 0) is 9.53 Å². The largest absolute Gasteiger partial charge is 0.378 e. The molecule has 2 aliphatic rings. The van der Waals surface area contributed by atoms with E-state index in [-0.39, 0.29) is 5.91 Å². The van der Waals surface area contributed by atoms with Gasteiger partial charge in [0, 0.05) is 39.0 Å². The van der Waals surface area contributed by atoms with Crippen LogP contribution >= 0.6 is 0 Å². The first-order valence-electron chi connectivity index (χ1n) is 6.45. The number of hydrogen-bond donors (Lipinski definition) is 1. The standard InChI is InChI=1S/C12H21N3O2/c13-11-3-1-2-5-14(11)6-4-12(16)15-7-9-17-10-8-15/h13H,1-10H2. The van der Waals surface area contributed by atoms with E-state index in [1.807, 2.05) is 9.80 Å². The van der Waals surface area contributed by atoms with Gasteiger partial charge in [-0.15, -0.1) is 0 Å². The molecular formula is C12H21N3O2. The third-order valence-electron chi connectivity index (χ3n) is 3.43. The van der Waals surface area contributed by atoms with Gasteiger partial charge in [0.2, 0.25) is 5.91 Å². The molecule has 0 radical (unpaired) electrons. The molecule has 0 aromatic rings. The lowest BCUT2D eigenvalue weighted by molar-refractivity contribution is -0.135. The molecule has 5 heteroatoms. The zero-order valence-electron chi connectivity index (χ0n) is 10.3. The van der Waals surface area contributed by atoms with Crippen LogP contribution in [0.1, 0.15) is 25.7 Å². The second kappa shape index (κ2) is 6.00. The highest BCUT2D eigenvalue weighted by Gasteiger charge is 2.19. The number of piperidine rings is 1. The summed E-state index contributed by atoms with van der Waals surface area (Å²) < 4.78 is 5.22. The Morgan fingerprint density at radius 3 is 2.71 bits per heavy atom. The summed E-state index contributed by atoms with van der Waals surface area (Å²) in [5, 5.41) is 7.82. The van der Waals surface area contributed by atoms with Crippen molar-refractivity contribution in [3.63, 3.8) is 0 Å². The third kappa shape index (κ3) is 3.43. The molecule has 2 aliphatic heterocycles. The molecule has 2 rings (SSSR count). The van der Waals surface area contributed by atoms with Gasteiger partial charge in [-0.1, -0.05) is 0 Å². The molecular weight excluding hydrogens is 218 g/mol. The highest BCUT2D eigenvalue weighted by molar-refractivity contribution is 5.81. The van der Waals surface area contributed by atoms with Gasteiger partial charge in [0.15, 0.2) is 0 Å². The zero-order valence-corrected chi connectivity index (χ0v) is 10.3. The second-order valence-corrected chi connectivity index (χ2v) is 4.63. The number of nitrogens with one attached hydrogen (secondary N) is 1. The molecule has 0 saturated carbocycles. The SMILES string of the molecule is N=C1CCCCN1CCC(=O)N1CCOCC1. The molecule has 0 aromatic heterocycles. The van der Waals surface area contributed by atoms with Gasteiger partial charge in [-0.3, -0.25) is 10.2 Å². The van der Waals surface area contributed by atoms with Crippen molar-refractivity contribution in [2.24, 2.45) is 0 Å². The Kier molecular flexibility index (Phi) is 4.36. The predicted molar refractivity (Wildman–Crippen MR) is 65.2 cm³/mol. The molecule has 0 spiro atoms. The monoisotopic (exact) mass is 239 g/mol. The Bertz CT molecular complexity index is 287. The van der Waals surface area contributed by atoms with E-state index in [1.54, 1.807) is 0 Å². The highest BCUT2D eigenvalue weighted by Crippen LogP contribution is 2.11. The number of hydrogen-bond acceptors (Lipinski definition) is 3. The molecule has 0 bridgehead atoms. The molecule has 0 atom stereocenters. The van der Waals surface area contributed by atoms with Gasteiger partial charge in [0.25, 0.3) is 0 Å². The third-order valence-corrected chi connectivity index (χ3v) is 3.43. The van der Waals surface area contributed by atoms with Crippen molar-refractivity contribution in [2.75, 3.05) is 39.4 Å². The van der Waals surface area contributed by atoms with E-state index in [0.29, 0.717) is 32.0 Å². The van der Waals surface area contributed by atoms with Crippen LogP contribution in [0.2, 0.25) is 0 Å². The molecule has 0 aromatic carbocycles. The van der Waals surface area contributed by atoms with Crippen molar-refractivity contribution in [2.45, 2.75) is 25.7 Å². The summed E-state index contributed by atoms with van der Waals surface area (Å²) in [5.41, 5.74) is 0. The minimum Gasteiger partial charge on any atom is -0.378 e. The average Bonchev–Trinajstić information content (AvgIpc) is 2.38. The first-order valence-corrected chi connectivity index (χ1v) is 6.45. The number of likely N-dealkylation sites (tertiary alicyclic amines) is 1. The van der Waals surface area contributed by atoms with Crippen molar-refractivity contribution in [3.8, 4) is 0 Å². The summed E-state index contributed by atoms with van der Waals surface area (Å²) in [7, 11) is 0. The summed E-state index contributed by atoms with van der Waals surface area (Å²) in [6.45, 7) is 4.40. The van der Waals surface area contributed by atoms with Crippen molar-refractivity contribution < 1.29 is 9.53 Å². The van der Waals surface area contributed by atoms with Crippen molar-refractivity contribution in [1.82, 2.24) is 9.80 Å². The van der Waals surface area contributed by atoms with Crippen LogP contribution < -0.4 is 0 Å². The smallest absolute Gasteiger partial charge is 0.224 e. The maximum Gasteiger partial charge on any atom is 0.224 e. The zero-order chi connectivity index (χ0) is 12.1. The first-order chi connectivity index (χ1) is 8.27. The number of rotatable bonds is 3. The Morgan fingerprint density at radius 1 is 1.24 bits per heavy atom. The Hall–Kier alpha value is -1.10. The lowest BCUT2D eigenvalue weighted by atomic mass is 10.1. The number of ether oxygens (including phenoxy) is 1. The number of amidine groups is 1. The van der Waals surface area contributed by atoms with Crippen LogP contribution in [0.15, 0.2) is 0 Å². The van der Waals surface area contributed by atoms with Crippen LogP contribution in [0.25, 0.3) is 0 Å². The van der Waals surface area contributed by atoms with Gasteiger partial charge in [0.1, 0.15) is 0 Å². The predicted octanol–water partition coefficient (Wildman–Crippen LogP) is 0.698. The molecule has 0 unspecified atom stereocenters. The minimum atomic E-state index is 0.201. The summed E-state index contributed by atoms with van der Waals surface area (Å²) in [6.07, 6.45) is 3.66. The van der Waals surface area contributed by atoms with Crippen LogP contribution in [0, 0.1) is 5.41 Å². The molecule has 5 nitrogen and oxygen atoms in total. The molecule has 2 heterocycles. The van der Waals surface area contributed by atoms with E-state index in [4.69, 9.17) is 10.1 Å². The first kappa shape index (κ1) is 12.4. The van der Waals surface area contributed by atoms with Crippen molar-refractivity contribution in [3.05, 3.63) is 0 Å². The van der Waals surface area contributed by atoms with Gasteiger partial charge in [-0.05, 0) is 12.8 Å². The lowest BCUT2D eigenvalue weighted by Crippen LogP contribution is -2.43. The normalized spacial score (nSPS) is 21.8. The number of amides is 1. The summed E-state index contributed by atoms with van der Waals surface area (Å²) in [5.74, 6) is 0.901. The summed E-state index contributed by atoms with van der Waals surface area (Å²) in [6, 6.07) is 0. The van der Waals surface area contributed by atoms with Crippen LogP contribution in [0.5, 0.6) is 0 Å². The van der Waals surface area contributed by atoms with E-state index in [9.17, 15) is 4.79 Å². The van der Waals surface area contributed by atoms with Crippen LogP contribution in [0.4, 0.5) is 0 Å². The lowest BCUT2D eigenvalue weighted by Gasteiger charge is -2.31. The van der Waals surface area contributed by atoms with E-state index in [2.05, 4.69) is 0 Å². The van der Waals surface area contributed by atoms with Gasteiger partial charge in [0.05, 0.1) is 19.0 Å². The maximum absolute atomic E-state index is 11.9. The van der Waals surface area contributed by atoms with Gasteiger partial charge in [-0.25, -0.2) is 0 Å². The molecule has 1 amide bonds. The van der Waals surface area contributed by atoms with E-state index in [0.717, 1.165) is 38.9 Å². The fourth-order valence-corrected chi connectivity index (χ4v) is 2.34. The number of carbonyl (C=O) groups excluding carboxylic acids is 1. The fraction of sp³-hybridized carbons (Fsp3) is 0.833. The van der Waals surface area contributed by atoms with E-state index >= 15 is 0 Å². The fourth-order valence-electron chi connectivity index (χ4n) is 2.34. The average molecular weight is 239 g/mol. The van der Waals surface area contributed by atoms with Crippen LogP contribution in [-0.4, -0.2) is 60.9 Å². The molecule has 0 aliphatic carbocycles. The number of nitrogens with zero attached hydrogens (tertiary/aromatic N) is 2. The Labute approximate surface area is 102 Å². The maximum atomic E-state index is 11.9. The van der Waals surface area contributed by atoms with E-state index in [1.165, 1.54) is 0 Å². The molecule has 96 valence electrons. The van der Waals surface area contributed by atoms with Gasteiger partial charge < -0.3 is 14.5 Å². The molecule has 2 saturated heterocycles. The van der Waals surface area contributed by atoms with Crippen LogP contribution in [0.3, 0.4) is 0 Å². The Balaban J connectivity index is 1.73. The summed E-state index contributed by atoms with van der Waals surface area (Å²) >= 11 is 0. The highest BCUT2D eigenvalue weighted by atomic mass is 16.5. The molecule has 2 fully saturated rings. The van der Waals surface area contributed by atoms with Gasteiger partial charge in [-0.2, -0.15) is 0 Å². The quantitative estimate of drug-likeness (QED) is 0.788. The number of carbonyl (C=O) groups is 1. The molecule has 17 heavy (non-hydrogen) atoms. The van der Waals surface area contributed by atoms with Gasteiger partial charge >= 0.3 is 0 Å². The molecule has 1 N–H and O–H groups in total. The number of morpholine rings is 1. The topological polar surface area (TPSA) is 56.6 Å². The minimum absolute atomic E-state index is 0.201. The van der Waals surface area contributed by atoms with E-state index < -0.39 is 0 Å². The van der Waals surface area contributed by atoms with Crippen molar-refractivity contribution >= 4 is 11.7 Å². The second-order valence-electron chi connectivity index (χ2n) is 4.63.